The fourth-order valence-electron chi connectivity index (χ4n) is 0.846. The number of carbonyl (C=O) groups is 2. The van der Waals surface area contributed by atoms with Gasteiger partial charge >= 0.3 is 11.9 Å². The quantitative estimate of drug-likeness (QED) is 0.169. The van der Waals surface area contributed by atoms with Gasteiger partial charge in [0.05, 0.1) is 19.8 Å². The minimum absolute atomic E-state index is 0.293. The van der Waals surface area contributed by atoms with Crippen molar-refractivity contribution < 1.29 is 29.2 Å². The third kappa shape index (κ3) is 6.83. The van der Waals surface area contributed by atoms with Gasteiger partial charge in [-0.15, -0.1) is 0 Å². The Labute approximate surface area is 93.7 Å². The number of carboxylic acid groups (broad SMARTS) is 1. The molecule has 0 aliphatic carbocycles. The van der Waals surface area contributed by atoms with Gasteiger partial charge in [-0.05, 0) is 6.42 Å². The highest BCUT2D eigenvalue weighted by molar-refractivity contribution is 5.93. The van der Waals surface area contributed by atoms with E-state index in [4.69, 9.17) is 5.11 Å². The fraction of sp³-hybridized carbons (Fsp3) is 0.600. The Morgan fingerprint density at radius 3 is 2.50 bits per heavy atom. The topological polar surface area (TPSA) is 82.1 Å². The first-order chi connectivity index (χ1) is 7.61. The first-order valence-electron chi connectivity index (χ1n) is 4.94. The van der Waals surface area contributed by atoms with Crippen LogP contribution in [-0.2, 0) is 24.1 Å². The van der Waals surface area contributed by atoms with Crippen LogP contribution >= 0.6 is 0 Å². The lowest BCUT2D eigenvalue weighted by atomic mass is 10.3. The lowest BCUT2D eigenvalue weighted by molar-refractivity contribution is -0.264. The summed E-state index contributed by atoms with van der Waals surface area (Å²) in [5.41, 5.74) is 0. The summed E-state index contributed by atoms with van der Waals surface area (Å²) in [5, 5.41) is 8.45. The average molecular weight is 232 g/mol. The van der Waals surface area contributed by atoms with Crippen LogP contribution in [0.25, 0.3) is 0 Å². The van der Waals surface area contributed by atoms with E-state index >= 15 is 0 Å². The molecule has 0 aliphatic rings. The van der Waals surface area contributed by atoms with Crippen molar-refractivity contribution in [2.75, 3.05) is 13.7 Å². The van der Waals surface area contributed by atoms with Gasteiger partial charge in [0.25, 0.3) is 5.76 Å². The van der Waals surface area contributed by atoms with E-state index in [-0.39, 0.29) is 0 Å². The second-order valence-corrected chi connectivity index (χ2v) is 2.95. The highest BCUT2D eigenvalue weighted by Gasteiger charge is 2.14. The molecule has 16 heavy (non-hydrogen) atoms. The van der Waals surface area contributed by atoms with E-state index in [0.717, 1.165) is 26.4 Å². The van der Waals surface area contributed by atoms with Gasteiger partial charge in [0.2, 0.25) is 0 Å². The van der Waals surface area contributed by atoms with Crippen LogP contribution in [0.5, 0.6) is 0 Å². The number of aliphatic carboxylic acids is 1. The molecule has 0 atom stereocenters. The summed E-state index contributed by atoms with van der Waals surface area (Å²) < 4.78 is 4.32. The summed E-state index contributed by atoms with van der Waals surface area (Å²) >= 11 is 0. The van der Waals surface area contributed by atoms with E-state index in [1.54, 1.807) is 0 Å². The summed E-state index contributed by atoms with van der Waals surface area (Å²) in [4.78, 5) is 30.6. The average Bonchev–Trinajstić information content (AvgIpc) is 2.25. The number of rotatable bonds is 8. The molecule has 0 spiro atoms. The second-order valence-electron chi connectivity index (χ2n) is 2.95. The Kier molecular flexibility index (Phi) is 7.87. The SMILES string of the molecule is CCCCCOOC(=CC(=O)O)C(=O)OC. The zero-order valence-corrected chi connectivity index (χ0v) is 9.39. The molecule has 0 rings (SSSR count). The maximum absolute atomic E-state index is 11.0. The predicted octanol–water partition coefficient (Wildman–Crippen LogP) is 1.27. The van der Waals surface area contributed by atoms with Crippen molar-refractivity contribution in [2.45, 2.75) is 26.2 Å². The van der Waals surface area contributed by atoms with Crippen LogP contribution in [0.2, 0.25) is 0 Å². The number of esters is 1. The number of methoxy groups -OCH3 is 1. The van der Waals surface area contributed by atoms with Crippen molar-refractivity contribution in [3.8, 4) is 0 Å². The van der Waals surface area contributed by atoms with Gasteiger partial charge in [-0.1, -0.05) is 19.8 Å². The van der Waals surface area contributed by atoms with Crippen molar-refractivity contribution in [1.82, 2.24) is 0 Å². The lowest BCUT2D eigenvalue weighted by Gasteiger charge is -2.05. The minimum atomic E-state index is -1.31. The van der Waals surface area contributed by atoms with Crippen LogP contribution < -0.4 is 0 Å². The Hall–Kier alpha value is -1.56. The molecule has 0 radical (unpaired) electrons. The van der Waals surface area contributed by atoms with Crippen LogP contribution in [0.4, 0.5) is 0 Å². The van der Waals surface area contributed by atoms with Crippen LogP contribution in [0.15, 0.2) is 11.8 Å². The standard InChI is InChI=1S/C10H16O6/c1-3-4-5-6-15-16-8(7-9(11)12)10(13)14-2/h7H,3-6H2,1-2H3,(H,11,12). The van der Waals surface area contributed by atoms with Gasteiger partial charge < -0.3 is 14.7 Å². The van der Waals surface area contributed by atoms with E-state index in [2.05, 4.69) is 14.5 Å². The van der Waals surface area contributed by atoms with Gasteiger partial charge in [-0.3, -0.25) is 0 Å². The van der Waals surface area contributed by atoms with Gasteiger partial charge in [0.1, 0.15) is 0 Å². The Morgan fingerprint density at radius 2 is 2.00 bits per heavy atom. The highest BCUT2D eigenvalue weighted by Crippen LogP contribution is 2.03. The molecule has 0 unspecified atom stereocenters. The molecule has 92 valence electrons. The van der Waals surface area contributed by atoms with E-state index < -0.39 is 17.7 Å². The second kappa shape index (κ2) is 8.72. The summed E-state index contributed by atoms with van der Waals surface area (Å²) in [6, 6.07) is 0. The van der Waals surface area contributed by atoms with Crippen molar-refractivity contribution in [3.63, 3.8) is 0 Å². The monoisotopic (exact) mass is 232 g/mol. The predicted molar refractivity (Wildman–Crippen MR) is 54.3 cm³/mol. The minimum Gasteiger partial charge on any atom is -0.478 e. The van der Waals surface area contributed by atoms with Crippen LogP contribution in [0.1, 0.15) is 26.2 Å². The fourth-order valence-corrected chi connectivity index (χ4v) is 0.846. The molecular formula is C10H16O6. The number of ether oxygens (including phenoxy) is 1. The molecule has 1 N–H and O–H groups in total. The molecular weight excluding hydrogens is 216 g/mol. The normalized spacial score (nSPS) is 11.0. The van der Waals surface area contributed by atoms with E-state index in [0.29, 0.717) is 12.7 Å². The molecule has 0 amide bonds. The Bertz CT molecular complexity index is 258. The van der Waals surface area contributed by atoms with Gasteiger partial charge in [-0.25, -0.2) is 9.59 Å². The zero-order valence-electron chi connectivity index (χ0n) is 9.39. The third-order valence-corrected chi connectivity index (χ3v) is 1.62. The number of hydrogen-bond donors (Lipinski definition) is 1. The molecule has 0 fully saturated rings. The zero-order chi connectivity index (χ0) is 12.4. The molecule has 0 bridgehead atoms. The summed E-state index contributed by atoms with van der Waals surface area (Å²) in [7, 11) is 1.12. The third-order valence-electron chi connectivity index (χ3n) is 1.62. The molecule has 0 aromatic carbocycles. The van der Waals surface area contributed by atoms with Crippen LogP contribution in [-0.4, -0.2) is 30.8 Å². The number of carboxylic acids is 1. The van der Waals surface area contributed by atoms with E-state index in [1.165, 1.54) is 0 Å². The molecule has 6 heteroatoms. The van der Waals surface area contributed by atoms with Gasteiger partial charge in [0, 0.05) is 0 Å². The number of hydrogen-bond acceptors (Lipinski definition) is 5. The van der Waals surface area contributed by atoms with Gasteiger partial charge in [-0.2, -0.15) is 4.89 Å². The maximum Gasteiger partial charge on any atom is 0.377 e. The van der Waals surface area contributed by atoms with E-state index in [1.807, 2.05) is 6.92 Å². The molecule has 0 aliphatic heterocycles. The smallest absolute Gasteiger partial charge is 0.377 e. The lowest BCUT2D eigenvalue weighted by Crippen LogP contribution is -2.11. The molecule has 6 nitrogen and oxygen atoms in total. The summed E-state index contributed by atoms with van der Waals surface area (Å²) in [6.07, 6.45) is 3.36. The first-order valence-corrected chi connectivity index (χ1v) is 4.94. The molecule has 0 aromatic rings. The Balaban J connectivity index is 4.04. The van der Waals surface area contributed by atoms with Crippen LogP contribution in [0, 0.1) is 0 Å². The van der Waals surface area contributed by atoms with E-state index in [9.17, 15) is 9.59 Å². The van der Waals surface area contributed by atoms with Crippen molar-refractivity contribution in [3.05, 3.63) is 11.8 Å². The number of carbonyl (C=O) groups excluding carboxylic acids is 1. The molecule has 0 saturated carbocycles. The Morgan fingerprint density at radius 1 is 1.31 bits per heavy atom. The molecule has 0 saturated heterocycles. The van der Waals surface area contributed by atoms with Crippen molar-refractivity contribution in [1.29, 1.82) is 0 Å². The summed E-state index contributed by atoms with van der Waals surface area (Å²) in [6.45, 7) is 2.33. The largest absolute Gasteiger partial charge is 0.478 e. The van der Waals surface area contributed by atoms with Crippen LogP contribution in [0.3, 0.4) is 0 Å². The summed E-state index contributed by atoms with van der Waals surface area (Å²) in [5.74, 6) is -2.68. The molecule has 0 aromatic heterocycles. The first kappa shape index (κ1) is 14.4. The highest BCUT2D eigenvalue weighted by atomic mass is 17.2. The molecule has 0 heterocycles. The number of unbranched alkanes of at least 4 members (excludes halogenated alkanes) is 2. The van der Waals surface area contributed by atoms with Crippen molar-refractivity contribution >= 4 is 11.9 Å². The van der Waals surface area contributed by atoms with Crippen molar-refractivity contribution in [2.24, 2.45) is 0 Å². The maximum atomic E-state index is 11.0. The van der Waals surface area contributed by atoms with Gasteiger partial charge in [0.15, 0.2) is 0 Å².